The maximum absolute atomic E-state index is 8.90. The lowest BCUT2D eigenvalue weighted by atomic mass is 9.92. The van der Waals surface area contributed by atoms with Crippen molar-refractivity contribution in [2.45, 2.75) is 59.5 Å². The Balaban J connectivity index is 0.000000143. The molecular formula is C16H32O3. The van der Waals surface area contributed by atoms with Crippen molar-refractivity contribution in [3.8, 4) is 0 Å². The van der Waals surface area contributed by atoms with Crippen LogP contribution in [0.2, 0.25) is 0 Å². The average molecular weight is 272 g/mol. The lowest BCUT2D eigenvalue weighted by molar-refractivity contribution is -0.0892. The summed E-state index contributed by atoms with van der Waals surface area (Å²) in [5.74, 6) is 1.60. The number of hydrogen-bond donors (Lipinski definition) is 1. The zero-order valence-corrected chi connectivity index (χ0v) is 13.2. The Hall–Kier alpha value is -0.120. The molecule has 0 spiro atoms. The van der Waals surface area contributed by atoms with Gasteiger partial charge in [-0.1, -0.05) is 27.7 Å². The topological polar surface area (TPSA) is 38.7 Å². The summed E-state index contributed by atoms with van der Waals surface area (Å²) >= 11 is 0. The van der Waals surface area contributed by atoms with E-state index in [0.29, 0.717) is 5.41 Å². The van der Waals surface area contributed by atoms with Crippen molar-refractivity contribution in [3.63, 3.8) is 0 Å². The molecule has 0 radical (unpaired) electrons. The SMILES string of the molecule is CC1(C)COC1.CC1CCC(O)C1.CC1CCOC1. The minimum absolute atomic E-state index is 0.0231. The lowest BCUT2D eigenvalue weighted by Gasteiger charge is -2.33. The van der Waals surface area contributed by atoms with Crippen LogP contribution in [0.3, 0.4) is 0 Å². The molecule has 2 aliphatic heterocycles. The highest BCUT2D eigenvalue weighted by Gasteiger charge is 2.26. The van der Waals surface area contributed by atoms with Gasteiger partial charge in [0.25, 0.3) is 0 Å². The second kappa shape index (κ2) is 8.23. The van der Waals surface area contributed by atoms with E-state index in [-0.39, 0.29) is 6.10 Å². The van der Waals surface area contributed by atoms with Gasteiger partial charge in [-0.3, -0.25) is 0 Å². The third-order valence-electron chi connectivity index (χ3n) is 3.81. The zero-order chi connectivity index (χ0) is 14.3. The summed E-state index contributed by atoms with van der Waals surface area (Å²) in [5, 5.41) is 8.90. The molecule has 1 aliphatic carbocycles. The molecule has 3 heteroatoms. The van der Waals surface area contributed by atoms with E-state index in [4.69, 9.17) is 14.6 Å². The van der Waals surface area contributed by atoms with E-state index in [2.05, 4.69) is 27.7 Å². The van der Waals surface area contributed by atoms with Crippen LogP contribution in [-0.4, -0.2) is 37.6 Å². The molecule has 114 valence electrons. The van der Waals surface area contributed by atoms with E-state index < -0.39 is 0 Å². The summed E-state index contributed by atoms with van der Waals surface area (Å²) in [6.45, 7) is 12.7. The highest BCUT2D eigenvalue weighted by atomic mass is 16.5. The van der Waals surface area contributed by atoms with Crippen molar-refractivity contribution in [2.24, 2.45) is 17.3 Å². The number of ether oxygens (including phenoxy) is 2. The normalized spacial score (nSPS) is 35.5. The van der Waals surface area contributed by atoms with E-state index in [1.54, 1.807) is 0 Å². The van der Waals surface area contributed by atoms with Crippen molar-refractivity contribution in [2.75, 3.05) is 26.4 Å². The zero-order valence-electron chi connectivity index (χ0n) is 13.2. The fourth-order valence-electron chi connectivity index (χ4n) is 2.34. The van der Waals surface area contributed by atoms with E-state index in [1.807, 2.05) is 0 Å². The number of aliphatic hydroxyl groups excluding tert-OH is 1. The van der Waals surface area contributed by atoms with Crippen LogP contribution >= 0.6 is 0 Å². The minimum atomic E-state index is 0.0231. The Morgan fingerprint density at radius 2 is 1.58 bits per heavy atom. The molecule has 19 heavy (non-hydrogen) atoms. The monoisotopic (exact) mass is 272 g/mol. The molecule has 3 aliphatic rings. The van der Waals surface area contributed by atoms with Crippen LogP contribution in [-0.2, 0) is 9.47 Å². The van der Waals surface area contributed by atoms with E-state index in [9.17, 15) is 0 Å². The first-order chi connectivity index (χ1) is 8.89. The Kier molecular flexibility index (Phi) is 7.33. The van der Waals surface area contributed by atoms with Gasteiger partial charge in [-0.05, 0) is 37.5 Å². The summed E-state index contributed by atoms with van der Waals surface area (Å²) in [5.41, 5.74) is 0.500. The standard InChI is InChI=1S/C6H12O.2C5H10O/c1-5-2-3-6(7)4-5;1-5(2)3-6-4-5;1-5-2-3-6-4-5/h5-7H,2-4H2,1H3;3-4H2,1-2H3;5H,2-4H2,1H3. The van der Waals surface area contributed by atoms with Crippen molar-refractivity contribution >= 4 is 0 Å². The number of aliphatic hydroxyl groups is 1. The van der Waals surface area contributed by atoms with E-state index in [0.717, 1.165) is 51.1 Å². The number of rotatable bonds is 0. The van der Waals surface area contributed by atoms with Gasteiger partial charge >= 0.3 is 0 Å². The van der Waals surface area contributed by atoms with E-state index >= 15 is 0 Å². The predicted molar refractivity (Wildman–Crippen MR) is 78.2 cm³/mol. The Morgan fingerprint density at radius 3 is 1.68 bits per heavy atom. The summed E-state index contributed by atoms with van der Waals surface area (Å²) in [6.07, 6.45) is 4.57. The number of hydrogen-bond acceptors (Lipinski definition) is 3. The fourth-order valence-corrected chi connectivity index (χ4v) is 2.34. The summed E-state index contributed by atoms with van der Waals surface area (Å²) in [7, 11) is 0. The molecule has 1 saturated carbocycles. The van der Waals surface area contributed by atoms with Gasteiger partial charge in [-0.2, -0.15) is 0 Å². The molecular weight excluding hydrogens is 240 g/mol. The van der Waals surface area contributed by atoms with E-state index in [1.165, 1.54) is 12.8 Å². The van der Waals surface area contributed by atoms with Gasteiger partial charge in [-0.25, -0.2) is 0 Å². The highest BCUT2D eigenvalue weighted by Crippen LogP contribution is 2.24. The lowest BCUT2D eigenvalue weighted by Crippen LogP contribution is -2.36. The predicted octanol–water partition coefficient (Wildman–Crippen LogP) is 3.25. The molecule has 0 amide bonds. The van der Waals surface area contributed by atoms with Crippen LogP contribution in [0.5, 0.6) is 0 Å². The largest absolute Gasteiger partial charge is 0.393 e. The van der Waals surface area contributed by atoms with Gasteiger partial charge < -0.3 is 14.6 Å². The molecule has 1 N–H and O–H groups in total. The van der Waals surface area contributed by atoms with Gasteiger partial charge in [0.15, 0.2) is 0 Å². The third-order valence-corrected chi connectivity index (χ3v) is 3.81. The van der Waals surface area contributed by atoms with Gasteiger partial charge in [0, 0.05) is 18.6 Å². The van der Waals surface area contributed by atoms with Crippen LogP contribution in [0.1, 0.15) is 53.4 Å². The van der Waals surface area contributed by atoms with Gasteiger partial charge in [0.2, 0.25) is 0 Å². The molecule has 0 bridgehead atoms. The summed E-state index contributed by atoms with van der Waals surface area (Å²) in [6, 6.07) is 0. The molecule has 0 aromatic rings. The molecule has 3 unspecified atom stereocenters. The maximum Gasteiger partial charge on any atom is 0.0542 e. The molecule has 3 fully saturated rings. The van der Waals surface area contributed by atoms with Crippen LogP contribution in [0.25, 0.3) is 0 Å². The first kappa shape index (κ1) is 16.9. The molecule has 3 nitrogen and oxygen atoms in total. The maximum atomic E-state index is 8.90. The summed E-state index contributed by atoms with van der Waals surface area (Å²) < 4.78 is 9.99. The van der Waals surface area contributed by atoms with Crippen molar-refractivity contribution in [1.82, 2.24) is 0 Å². The van der Waals surface area contributed by atoms with Crippen LogP contribution < -0.4 is 0 Å². The van der Waals surface area contributed by atoms with Crippen LogP contribution in [0, 0.1) is 17.3 Å². The smallest absolute Gasteiger partial charge is 0.0542 e. The Labute approximate surface area is 118 Å². The van der Waals surface area contributed by atoms with Crippen molar-refractivity contribution in [3.05, 3.63) is 0 Å². The second-order valence-electron chi connectivity index (χ2n) is 7.20. The van der Waals surface area contributed by atoms with Gasteiger partial charge in [0.1, 0.15) is 0 Å². The average Bonchev–Trinajstić information content (AvgIpc) is 2.90. The second-order valence-corrected chi connectivity index (χ2v) is 7.20. The van der Waals surface area contributed by atoms with Crippen molar-refractivity contribution < 1.29 is 14.6 Å². The van der Waals surface area contributed by atoms with Gasteiger partial charge in [0.05, 0.1) is 19.3 Å². The molecule has 3 atom stereocenters. The Morgan fingerprint density at radius 1 is 0.947 bits per heavy atom. The first-order valence-corrected chi connectivity index (χ1v) is 7.72. The molecule has 2 saturated heterocycles. The van der Waals surface area contributed by atoms with Crippen LogP contribution in [0.4, 0.5) is 0 Å². The molecule has 3 rings (SSSR count). The third kappa shape index (κ3) is 7.91. The van der Waals surface area contributed by atoms with Gasteiger partial charge in [-0.15, -0.1) is 0 Å². The summed E-state index contributed by atoms with van der Waals surface area (Å²) in [4.78, 5) is 0. The van der Waals surface area contributed by atoms with Crippen LogP contribution in [0.15, 0.2) is 0 Å². The molecule has 0 aromatic heterocycles. The van der Waals surface area contributed by atoms with Crippen molar-refractivity contribution in [1.29, 1.82) is 0 Å². The first-order valence-electron chi connectivity index (χ1n) is 7.72. The molecule has 2 heterocycles. The quantitative estimate of drug-likeness (QED) is 0.735. The fraction of sp³-hybridized carbons (Fsp3) is 1.00. The highest BCUT2D eigenvalue weighted by molar-refractivity contribution is 4.73. The minimum Gasteiger partial charge on any atom is -0.393 e. The molecule has 0 aromatic carbocycles. The Bertz CT molecular complexity index is 220.